The SMILES string of the molecule is CCC1CCC(NC(=O)c2cc(F)c(NC)c(F)c2)CC1. The highest BCUT2D eigenvalue weighted by Crippen LogP contribution is 2.27. The molecule has 1 aliphatic rings. The Labute approximate surface area is 124 Å². The van der Waals surface area contributed by atoms with Gasteiger partial charge in [-0.15, -0.1) is 0 Å². The van der Waals surface area contributed by atoms with E-state index in [2.05, 4.69) is 17.6 Å². The molecule has 0 unspecified atom stereocenters. The van der Waals surface area contributed by atoms with Gasteiger partial charge in [0.25, 0.3) is 5.91 Å². The van der Waals surface area contributed by atoms with Crippen molar-refractivity contribution in [2.24, 2.45) is 5.92 Å². The Balaban J connectivity index is 2.01. The van der Waals surface area contributed by atoms with Crippen LogP contribution in [0.5, 0.6) is 0 Å². The molecule has 1 saturated carbocycles. The fourth-order valence-electron chi connectivity index (χ4n) is 2.93. The third kappa shape index (κ3) is 3.71. The summed E-state index contributed by atoms with van der Waals surface area (Å²) in [7, 11) is 1.44. The number of anilines is 1. The van der Waals surface area contributed by atoms with E-state index in [9.17, 15) is 13.6 Å². The summed E-state index contributed by atoms with van der Waals surface area (Å²) in [6.45, 7) is 2.18. The van der Waals surface area contributed by atoms with Crippen molar-refractivity contribution in [2.75, 3.05) is 12.4 Å². The fourth-order valence-corrected chi connectivity index (χ4v) is 2.93. The van der Waals surface area contributed by atoms with Crippen LogP contribution < -0.4 is 10.6 Å². The van der Waals surface area contributed by atoms with E-state index in [4.69, 9.17) is 0 Å². The van der Waals surface area contributed by atoms with Crippen LogP contribution in [0, 0.1) is 17.6 Å². The van der Waals surface area contributed by atoms with Crippen LogP contribution in [-0.2, 0) is 0 Å². The number of hydrogen-bond acceptors (Lipinski definition) is 2. The van der Waals surface area contributed by atoms with Crippen LogP contribution in [0.1, 0.15) is 49.4 Å². The number of rotatable bonds is 4. The summed E-state index contributed by atoms with van der Waals surface area (Å²) in [6.07, 6.45) is 5.24. The number of amides is 1. The Hall–Kier alpha value is -1.65. The molecule has 0 aliphatic heterocycles. The normalized spacial score (nSPS) is 21.9. The van der Waals surface area contributed by atoms with Crippen LogP contribution in [0.15, 0.2) is 12.1 Å². The molecule has 0 aromatic heterocycles. The largest absolute Gasteiger partial charge is 0.383 e. The van der Waals surface area contributed by atoms with Crippen molar-refractivity contribution in [3.8, 4) is 0 Å². The predicted octanol–water partition coefficient (Wildman–Crippen LogP) is 3.71. The van der Waals surface area contributed by atoms with Gasteiger partial charge in [0.15, 0.2) is 0 Å². The Morgan fingerprint density at radius 2 is 1.76 bits per heavy atom. The van der Waals surface area contributed by atoms with E-state index in [-0.39, 0.29) is 17.3 Å². The standard InChI is InChI=1S/C16H22F2N2O/c1-3-10-4-6-12(7-5-10)20-16(21)11-8-13(17)15(19-2)14(18)9-11/h8-10,12,19H,3-7H2,1-2H3,(H,20,21). The molecule has 2 rings (SSSR count). The smallest absolute Gasteiger partial charge is 0.251 e. The first-order chi connectivity index (χ1) is 10.0. The average Bonchev–Trinajstić information content (AvgIpc) is 2.47. The summed E-state index contributed by atoms with van der Waals surface area (Å²) in [6, 6.07) is 2.25. The van der Waals surface area contributed by atoms with Crippen LogP contribution in [0.4, 0.5) is 14.5 Å². The number of hydrogen-bond donors (Lipinski definition) is 2. The highest BCUT2D eigenvalue weighted by Gasteiger charge is 2.22. The molecule has 1 amide bonds. The monoisotopic (exact) mass is 296 g/mol. The number of carbonyl (C=O) groups excluding carboxylic acids is 1. The molecule has 1 aromatic rings. The van der Waals surface area contributed by atoms with Crippen LogP contribution >= 0.6 is 0 Å². The van der Waals surface area contributed by atoms with Gasteiger partial charge in [0.1, 0.15) is 17.3 Å². The minimum Gasteiger partial charge on any atom is -0.383 e. The lowest BCUT2D eigenvalue weighted by molar-refractivity contribution is 0.0920. The van der Waals surface area contributed by atoms with Crippen LogP contribution in [-0.4, -0.2) is 19.0 Å². The molecule has 0 atom stereocenters. The number of halogens is 2. The summed E-state index contributed by atoms with van der Waals surface area (Å²) in [5, 5.41) is 5.32. The van der Waals surface area contributed by atoms with Crippen molar-refractivity contribution in [3.63, 3.8) is 0 Å². The molecule has 116 valence electrons. The molecule has 21 heavy (non-hydrogen) atoms. The lowest BCUT2D eigenvalue weighted by atomic mass is 9.84. The quantitative estimate of drug-likeness (QED) is 0.889. The predicted molar refractivity (Wildman–Crippen MR) is 79.4 cm³/mol. The molecule has 0 spiro atoms. The van der Waals surface area contributed by atoms with Crippen molar-refractivity contribution in [2.45, 2.75) is 45.1 Å². The van der Waals surface area contributed by atoms with E-state index in [1.54, 1.807) is 0 Å². The van der Waals surface area contributed by atoms with E-state index >= 15 is 0 Å². The second-order valence-electron chi connectivity index (χ2n) is 5.66. The van der Waals surface area contributed by atoms with Gasteiger partial charge in [-0.3, -0.25) is 4.79 Å². The maximum Gasteiger partial charge on any atom is 0.251 e. The van der Waals surface area contributed by atoms with Gasteiger partial charge >= 0.3 is 0 Å². The van der Waals surface area contributed by atoms with Crippen molar-refractivity contribution in [1.82, 2.24) is 5.32 Å². The number of nitrogens with one attached hydrogen (secondary N) is 2. The van der Waals surface area contributed by atoms with Crippen LogP contribution in [0.25, 0.3) is 0 Å². The van der Waals surface area contributed by atoms with E-state index < -0.39 is 17.5 Å². The lowest BCUT2D eigenvalue weighted by Gasteiger charge is -2.28. The van der Waals surface area contributed by atoms with Crippen molar-refractivity contribution < 1.29 is 13.6 Å². The van der Waals surface area contributed by atoms with Gasteiger partial charge in [0.2, 0.25) is 0 Å². The Bertz CT molecular complexity index is 488. The molecular formula is C16H22F2N2O. The summed E-state index contributed by atoms with van der Waals surface area (Å²) in [5.41, 5.74) is -0.184. The molecule has 1 aromatic carbocycles. The first-order valence-electron chi connectivity index (χ1n) is 7.52. The van der Waals surface area contributed by atoms with Crippen LogP contribution in [0.3, 0.4) is 0 Å². The topological polar surface area (TPSA) is 41.1 Å². The molecule has 5 heteroatoms. The first-order valence-corrected chi connectivity index (χ1v) is 7.52. The summed E-state index contributed by atoms with van der Waals surface area (Å²) >= 11 is 0. The molecule has 3 nitrogen and oxygen atoms in total. The second-order valence-corrected chi connectivity index (χ2v) is 5.66. The average molecular weight is 296 g/mol. The number of carbonyl (C=O) groups is 1. The highest BCUT2D eigenvalue weighted by atomic mass is 19.1. The van der Waals surface area contributed by atoms with E-state index in [1.807, 2.05) is 0 Å². The molecule has 0 radical (unpaired) electrons. The molecule has 1 aliphatic carbocycles. The molecule has 0 heterocycles. The second kappa shape index (κ2) is 6.87. The van der Waals surface area contributed by atoms with Gasteiger partial charge in [0.05, 0.1) is 0 Å². The van der Waals surface area contributed by atoms with Gasteiger partial charge in [0, 0.05) is 18.7 Å². The van der Waals surface area contributed by atoms with E-state index in [0.29, 0.717) is 0 Å². The minimum atomic E-state index is -0.752. The highest BCUT2D eigenvalue weighted by molar-refractivity contribution is 5.94. The van der Waals surface area contributed by atoms with Gasteiger partial charge in [-0.05, 0) is 43.7 Å². The van der Waals surface area contributed by atoms with E-state index in [0.717, 1.165) is 43.7 Å². The molecule has 0 bridgehead atoms. The van der Waals surface area contributed by atoms with Gasteiger partial charge in [-0.25, -0.2) is 8.78 Å². The third-order valence-electron chi connectivity index (χ3n) is 4.31. The van der Waals surface area contributed by atoms with Gasteiger partial charge in [-0.2, -0.15) is 0 Å². The van der Waals surface area contributed by atoms with Crippen molar-refractivity contribution >= 4 is 11.6 Å². The Morgan fingerprint density at radius 3 is 2.24 bits per heavy atom. The van der Waals surface area contributed by atoms with Crippen LogP contribution in [0.2, 0.25) is 0 Å². The molecule has 2 N–H and O–H groups in total. The van der Waals surface area contributed by atoms with E-state index in [1.165, 1.54) is 13.5 Å². The van der Waals surface area contributed by atoms with Gasteiger partial charge in [-0.1, -0.05) is 13.3 Å². The zero-order chi connectivity index (χ0) is 15.4. The van der Waals surface area contributed by atoms with Gasteiger partial charge < -0.3 is 10.6 Å². The third-order valence-corrected chi connectivity index (χ3v) is 4.31. The zero-order valence-corrected chi connectivity index (χ0v) is 12.5. The maximum atomic E-state index is 13.7. The Morgan fingerprint density at radius 1 is 1.19 bits per heavy atom. The summed E-state index contributed by atoms with van der Waals surface area (Å²) < 4.78 is 27.3. The zero-order valence-electron chi connectivity index (χ0n) is 12.5. The number of benzene rings is 1. The molecular weight excluding hydrogens is 274 g/mol. The van der Waals surface area contributed by atoms with Crippen molar-refractivity contribution in [3.05, 3.63) is 29.3 Å². The molecule has 0 saturated heterocycles. The summed E-state index contributed by atoms with van der Waals surface area (Å²) in [5.74, 6) is -1.17. The lowest BCUT2D eigenvalue weighted by Crippen LogP contribution is -2.37. The van der Waals surface area contributed by atoms with Crippen molar-refractivity contribution in [1.29, 1.82) is 0 Å². The molecule has 1 fully saturated rings. The maximum absolute atomic E-state index is 13.7. The minimum absolute atomic E-state index is 0.0293. The fraction of sp³-hybridized carbons (Fsp3) is 0.562. The summed E-state index contributed by atoms with van der Waals surface area (Å²) in [4.78, 5) is 12.1. The first kappa shape index (κ1) is 15.7. The Kier molecular flexibility index (Phi) is 5.15.